The normalized spacial score (nSPS) is 11.7. The van der Waals surface area contributed by atoms with Crippen LogP contribution in [0, 0.1) is 11.6 Å². The Morgan fingerprint density at radius 1 is 1.30 bits per heavy atom. The van der Waals surface area contributed by atoms with Crippen LogP contribution in [-0.4, -0.2) is 16.1 Å². The second-order valence-electron chi connectivity index (χ2n) is 5.35. The number of nitrogens with zero attached hydrogens (tertiary/aromatic N) is 2. The number of aldehydes is 1. The zero-order valence-electron chi connectivity index (χ0n) is 11.2. The molecule has 0 saturated carbocycles. The first kappa shape index (κ1) is 14.8. The lowest BCUT2D eigenvalue weighted by Crippen LogP contribution is -2.23. The van der Waals surface area contributed by atoms with Gasteiger partial charge in [-0.3, -0.25) is 9.48 Å². The Bertz CT molecular complexity index is 675. The van der Waals surface area contributed by atoms with Crippen molar-refractivity contribution in [2.75, 3.05) is 0 Å². The molecule has 20 heavy (non-hydrogen) atoms. The molecule has 1 heterocycles. The number of rotatable bonds is 2. The van der Waals surface area contributed by atoms with Crippen LogP contribution in [0.4, 0.5) is 8.78 Å². The monoisotopic (exact) mass is 342 g/mol. The van der Waals surface area contributed by atoms with Gasteiger partial charge in [0.25, 0.3) is 0 Å². The highest BCUT2D eigenvalue weighted by molar-refractivity contribution is 9.10. The number of hydrogen-bond donors (Lipinski definition) is 0. The fourth-order valence-corrected chi connectivity index (χ4v) is 2.74. The van der Waals surface area contributed by atoms with Crippen LogP contribution in [0.15, 0.2) is 22.8 Å². The number of benzene rings is 1. The summed E-state index contributed by atoms with van der Waals surface area (Å²) in [5.74, 6) is -1.98. The van der Waals surface area contributed by atoms with Crippen molar-refractivity contribution in [3.8, 4) is 11.3 Å². The fourth-order valence-electron chi connectivity index (χ4n) is 1.84. The fraction of sp³-hybridized carbons (Fsp3) is 0.286. The van der Waals surface area contributed by atoms with E-state index in [1.165, 1.54) is 12.1 Å². The standard InChI is InChI=1S/C14H13BrF2N2O/c1-14(2,3)19-13(15)9(7-20)12(18-19)8-5-4-6-10(16)11(8)17/h4-7H,1-3H3. The third-order valence-electron chi connectivity index (χ3n) is 2.82. The van der Waals surface area contributed by atoms with Gasteiger partial charge >= 0.3 is 0 Å². The highest BCUT2D eigenvalue weighted by Gasteiger charge is 2.25. The Balaban J connectivity index is 2.75. The predicted octanol–water partition coefficient (Wildman–Crippen LogP) is 4.16. The molecule has 106 valence electrons. The molecule has 0 spiro atoms. The van der Waals surface area contributed by atoms with Crippen molar-refractivity contribution < 1.29 is 13.6 Å². The van der Waals surface area contributed by atoms with E-state index in [9.17, 15) is 13.6 Å². The minimum atomic E-state index is -1.01. The van der Waals surface area contributed by atoms with Crippen molar-refractivity contribution in [3.05, 3.63) is 40.0 Å². The third-order valence-corrected chi connectivity index (χ3v) is 3.59. The van der Waals surface area contributed by atoms with Gasteiger partial charge < -0.3 is 0 Å². The van der Waals surface area contributed by atoms with Crippen molar-refractivity contribution in [2.45, 2.75) is 26.3 Å². The molecule has 2 rings (SSSR count). The molecule has 0 fully saturated rings. The van der Waals surface area contributed by atoms with Crippen molar-refractivity contribution in [2.24, 2.45) is 0 Å². The quantitative estimate of drug-likeness (QED) is 0.768. The van der Waals surface area contributed by atoms with Gasteiger partial charge in [-0.2, -0.15) is 5.10 Å². The summed E-state index contributed by atoms with van der Waals surface area (Å²) in [5, 5.41) is 4.26. The maximum absolute atomic E-state index is 13.9. The summed E-state index contributed by atoms with van der Waals surface area (Å²) in [4.78, 5) is 11.3. The molecule has 1 aromatic carbocycles. The Hall–Kier alpha value is -1.56. The number of aromatic nitrogens is 2. The summed E-state index contributed by atoms with van der Waals surface area (Å²) in [5.41, 5.74) is -0.113. The van der Waals surface area contributed by atoms with E-state index >= 15 is 0 Å². The van der Waals surface area contributed by atoms with Crippen LogP contribution in [-0.2, 0) is 5.54 Å². The molecular weight excluding hydrogens is 330 g/mol. The Labute approximate surface area is 123 Å². The van der Waals surface area contributed by atoms with E-state index in [2.05, 4.69) is 21.0 Å². The molecule has 0 aliphatic carbocycles. The summed E-state index contributed by atoms with van der Waals surface area (Å²) in [6.45, 7) is 5.68. The summed E-state index contributed by atoms with van der Waals surface area (Å²) in [6, 6.07) is 3.80. The van der Waals surface area contributed by atoms with E-state index in [0.29, 0.717) is 10.9 Å². The maximum Gasteiger partial charge on any atom is 0.168 e. The molecule has 0 aliphatic heterocycles. The van der Waals surface area contributed by atoms with Crippen LogP contribution in [0.2, 0.25) is 0 Å². The van der Waals surface area contributed by atoms with Gasteiger partial charge in [0.15, 0.2) is 17.9 Å². The average molecular weight is 343 g/mol. The minimum absolute atomic E-state index is 0.0317. The van der Waals surface area contributed by atoms with Crippen molar-refractivity contribution in [1.29, 1.82) is 0 Å². The molecular formula is C14H13BrF2N2O. The van der Waals surface area contributed by atoms with E-state index < -0.39 is 17.2 Å². The van der Waals surface area contributed by atoms with E-state index in [-0.39, 0.29) is 16.8 Å². The first-order valence-electron chi connectivity index (χ1n) is 5.96. The van der Waals surface area contributed by atoms with Gasteiger partial charge in [0, 0.05) is 5.56 Å². The Kier molecular flexibility index (Phi) is 3.77. The van der Waals surface area contributed by atoms with E-state index in [4.69, 9.17) is 0 Å². The van der Waals surface area contributed by atoms with Gasteiger partial charge in [0.1, 0.15) is 10.3 Å². The molecule has 0 N–H and O–H groups in total. The lowest BCUT2D eigenvalue weighted by atomic mass is 10.1. The molecule has 0 unspecified atom stereocenters. The molecule has 0 radical (unpaired) electrons. The Morgan fingerprint density at radius 2 is 1.95 bits per heavy atom. The second kappa shape index (κ2) is 5.09. The molecule has 3 nitrogen and oxygen atoms in total. The van der Waals surface area contributed by atoms with Crippen molar-refractivity contribution >= 4 is 22.2 Å². The zero-order chi connectivity index (χ0) is 15.1. The highest BCUT2D eigenvalue weighted by atomic mass is 79.9. The van der Waals surface area contributed by atoms with Crippen LogP contribution in [0.5, 0.6) is 0 Å². The van der Waals surface area contributed by atoms with Gasteiger partial charge in [-0.15, -0.1) is 0 Å². The average Bonchev–Trinajstić information content (AvgIpc) is 2.69. The number of carbonyl (C=O) groups excluding carboxylic acids is 1. The van der Waals surface area contributed by atoms with Crippen LogP contribution >= 0.6 is 15.9 Å². The van der Waals surface area contributed by atoms with Crippen molar-refractivity contribution in [1.82, 2.24) is 9.78 Å². The lowest BCUT2D eigenvalue weighted by molar-refractivity contribution is 0.112. The first-order chi connectivity index (χ1) is 9.27. The van der Waals surface area contributed by atoms with Crippen LogP contribution in [0.3, 0.4) is 0 Å². The van der Waals surface area contributed by atoms with E-state index in [1.54, 1.807) is 4.68 Å². The first-order valence-corrected chi connectivity index (χ1v) is 6.75. The van der Waals surface area contributed by atoms with Gasteiger partial charge in [-0.25, -0.2) is 8.78 Å². The Morgan fingerprint density at radius 3 is 2.50 bits per heavy atom. The summed E-state index contributed by atoms with van der Waals surface area (Å²) in [6.07, 6.45) is 0.582. The zero-order valence-corrected chi connectivity index (χ0v) is 12.8. The predicted molar refractivity (Wildman–Crippen MR) is 75.7 cm³/mol. The van der Waals surface area contributed by atoms with Crippen LogP contribution in [0.25, 0.3) is 11.3 Å². The number of hydrogen-bond acceptors (Lipinski definition) is 2. The molecule has 0 saturated heterocycles. The molecule has 2 aromatic rings. The highest BCUT2D eigenvalue weighted by Crippen LogP contribution is 2.33. The van der Waals surface area contributed by atoms with E-state index in [0.717, 1.165) is 6.07 Å². The minimum Gasteiger partial charge on any atom is -0.298 e. The molecule has 0 amide bonds. The SMILES string of the molecule is CC(C)(C)n1nc(-c2cccc(F)c2F)c(C=O)c1Br. The second-order valence-corrected chi connectivity index (χ2v) is 6.11. The van der Waals surface area contributed by atoms with Gasteiger partial charge in [-0.1, -0.05) is 6.07 Å². The molecule has 0 atom stereocenters. The lowest BCUT2D eigenvalue weighted by Gasteiger charge is -2.20. The van der Waals surface area contributed by atoms with E-state index in [1.807, 2.05) is 20.8 Å². The summed E-state index contributed by atoms with van der Waals surface area (Å²) in [7, 11) is 0. The van der Waals surface area contributed by atoms with Gasteiger partial charge in [0.05, 0.1) is 11.1 Å². The number of halogens is 3. The number of carbonyl (C=O) groups is 1. The smallest absolute Gasteiger partial charge is 0.168 e. The largest absolute Gasteiger partial charge is 0.298 e. The van der Waals surface area contributed by atoms with Crippen LogP contribution < -0.4 is 0 Å². The summed E-state index contributed by atoms with van der Waals surface area (Å²) < 4.78 is 29.2. The van der Waals surface area contributed by atoms with Gasteiger partial charge in [-0.05, 0) is 48.8 Å². The topological polar surface area (TPSA) is 34.9 Å². The van der Waals surface area contributed by atoms with Gasteiger partial charge in [0.2, 0.25) is 0 Å². The molecule has 0 bridgehead atoms. The summed E-state index contributed by atoms with van der Waals surface area (Å²) >= 11 is 3.29. The van der Waals surface area contributed by atoms with Crippen molar-refractivity contribution in [3.63, 3.8) is 0 Å². The van der Waals surface area contributed by atoms with Crippen LogP contribution in [0.1, 0.15) is 31.1 Å². The third kappa shape index (κ3) is 2.40. The molecule has 0 aliphatic rings. The molecule has 1 aromatic heterocycles. The molecule has 6 heteroatoms. The maximum atomic E-state index is 13.9.